The van der Waals surface area contributed by atoms with Crippen molar-refractivity contribution in [1.29, 1.82) is 0 Å². The summed E-state index contributed by atoms with van der Waals surface area (Å²) in [4.78, 5) is 0. The van der Waals surface area contributed by atoms with Gasteiger partial charge in [-0.05, 0) is 58.2 Å². The summed E-state index contributed by atoms with van der Waals surface area (Å²) in [6.45, 7) is 2.07. The van der Waals surface area contributed by atoms with Crippen LogP contribution in [0.1, 0.15) is 18.9 Å². The van der Waals surface area contributed by atoms with Gasteiger partial charge in [-0.15, -0.1) is 6.42 Å². The van der Waals surface area contributed by atoms with Crippen LogP contribution in [0, 0.1) is 24.2 Å². The van der Waals surface area contributed by atoms with Gasteiger partial charge in [-0.3, -0.25) is 0 Å². The van der Waals surface area contributed by atoms with Gasteiger partial charge in [0.2, 0.25) is 0 Å². The fourth-order valence-corrected chi connectivity index (χ4v) is 2.86. The minimum Gasteiger partial charge on any atom is -0.115 e. The van der Waals surface area contributed by atoms with Gasteiger partial charge in [0.05, 0.1) is 0 Å². The molecule has 0 fully saturated rings. The second kappa shape index (κ2) is 6.21. The van der Waals surface area contributed by atoms with Gasteiger partial charge in [-0.25, -0.2) is 0 Å². The fraction of sp³-hybridized carbons (Fsp3) is 0.0909. The summed E-state index contributed by atoms with van der Waals surface area (Å²) in [5, 5.41) is 2.47. The molecule has 0 N–H and O–H groups in total. The second-order valence-corrected chi connectivity index (χ2v) is 5.25. The Bertz CT molecular complexity index is 910. The van der Waals surface area contributed by atoms with Crippen LogP contribution in [-0.4, -0.2) is 0 Å². The first kappa shape index (κ1) is 14.0. The monoisotopic (exact) mass is 280 g/mol. The summed E-state index contributed by atoms with van der Waals surface area (Å²) in [5.74, 6) is 8.81. The van der Waals surface area contributed by atoms with E-state index in [0.717, 1.165) is 12.0 Å². The van der Waals surface area contributed by atoms with Crippen molar-refractivity contribution in [3.8, 4) is 24.2 Å². The third-order valence-corrected chi connectivity index (χ3v) is 3.82. The van der Waals surface area contributed by atoms with Crippen LogP contribution in [0.5, 0.6) is 0 Å². The molecule has 22 heavy (non-hydrogen) atoms. The van der Waals surface area contributed by atoms with E-state index in [9.17, 15) is 0 Å². The third kappa shape index (κ3) is 2.60. The molecular weight excluding hydrogens is 264 g/mol. The minimum atomic E-state index is 0.755. The molecule has 0 unspecified atom stereocenters. The van der Waals surface area contributed by atoms with E-state index >= 15 is 0 Å². The Morgan fingerprint density at radius 3 is 2.77 bits per heavy atom. The summed E-state index contributed by atoms with van der Waals surface area (Å²) in [6.07, 6.45) is 12.1. The fourth-order valence-electron chi connectivity index (χ4n) is 2.86. The summed E-state index contributed by atoms with van der Waals surface area (Å²) in [5.41, 5.74) is 4.73. The summed E-state index contributed by atoms with van der Waals surface area (Å²) in [6, 6.07) is 14.8. The molecule has 0 atom stereocenters. The molecule has 0 heteroatoms. The molecule has 0 bridgehead atoms. The molecule has 104 valence electrons. The molecule has 0 aliphatic heterocycles. The van der Waals surface area contributed by atoms with Crippen LogP contribution in [-0.2, 0) is 0 Å². The molecular formula is C22H16. The van der Waals surface area contributed by atoms with Crippen molar-refractivity contribution < 1.29 is 0 Å². The van der Waals surface area contributed by atoms with Gasteiger partial charge in [0.1, 0.15) is 0 Å². The van der Waals surface area contributed by atoms with Crippen molar-refractivity contribution in [1.82, 2.24) is 0 Å². The molecule has 0 nitrogen and oxygen atoms in total. The van der Waals surface area contributed by atoms with Crippen LogP contribution in [0.2, 0.25) is 0 Å². The highest BCUT2D eigenvalue weighted by molar-refractivity contribution is 5.99. The summed E-state index contributed by atoms with van der Waals surface area (Å²) < 4.78 is 0. The first-order valence-corrected chi connectivity index (χ1v) is 7.31. The van der Waals surface area contributed by atoms with E-state index in [1.807, 2.05) is 12.2 Å². The van der Waals surface area contributed by atoms with Gasteiger partial charge in [0, 0.05) is 6.42 Å². The zero-order chi connectivity index (χ0) is 15.4. The molecule has 2 aromatic rings. The van der Waals surface area contributed by atoms with E-state index in [1.165, 1.54) is 27.5 Å². The molecule has 0 radical (unpaired) electrons. The molecule has 1 aliphatic rings. The van der Waals surface area contributed by atoms with Crippen molar-refractivity contribution in [2.75, 3.05) is 0 Å². The Morgan fingerprint density at radius 1 is 1.18 bits per heavy atom. The number of benzene rings is 2. The van der Waals surface area contributed by atoms with Crippen LogP contribution >= 0.6 is 0 Å². The molecule has 0 heterocycles. The molecule has 3 rings (SSSR count). The highest BCUT2D eigenvalue weighted by atomic mass is 14.2. The summed E-state index contributed by atoms with van der Waals surface area (Å²) in [7, 11) is 0. The van der Waals surface area contributed by atoms with Crippen molar-refractivity contribution in [3.63, 3.8) is 0 Å². The zero-order valence-electron chi connectivity index (χ0n) is 12.6. The quantitative estimate of drug-likeness (QED) is 0.668. The molecule has 2 aromatic carbocycles. The number of allylic oxidation sites excluding steroid dienone is 6. The van der Waals surface area contributed by atoms with Gasteiger partial charge >= 0.3 is 0 Å². The number of hydrogen-bond donors (Lipinski definition) is 0. The highest BCUT2D eigenvalue weighted by Gasteiger charge is 2.12. The smallest absolute Gasteiger partial charge is 0.0350 e. The lowest BCUT2D eigenvalue weighted by Crippen LogP contribution is -1.95. The molecule has 0 amide bonds. The topological polar surface area (TPSA) is 0 Å². The molecule has 1 aliphatic carbocycles. The number of rotatable bonds is 2. The van der Waals surface area contributed by atoms with Gasteiger partial charge in [-0.1, -0.05) is 60.2 Å². The Morgan fingerprint density at radius 2 is 2.00 bits per heavy atom. The first-order chi connectivity index (χ1) is 10.8. The van der Waals surface area contributed by atoms with E-state index in [1.54, 1.807) is 0 Å². The number of fused-ring (bicyclic) bond motifs is 1. The Kier molecular flexibility index (Phi) is 3.95. The van der Waals surface area contributed by atoms with Crippen LogP contribution in [0.4, 0.5) is 0 Å². The standard InChI is InChI=1S/C22H16/c1-3-10-17(2)22(19-12-5-4-6-13-19)21-16-9-14-18-11-7-8-15-20(18)21/h1,5,7-12,14-16H,13H2,2H3/b17-10-,22-19+. The predicted octanol–water partition coefficient (Wildman–Crippen LogP) is 5.14. The molecule has 0 aromatic heterocycles. The average Bonchev–Trinajstić information content (AvgIpc) is 2.57. The van der Waals surface area contributed by atoms with Gasteiger partial charge in [0.15, 0.2) is 0 Å². The van der Waals surface area contributed by atoms with E-state index in [2.05, 4.69) is 73.2 Å². The predicted molar refractivity (Wildman–Crippen MR) is 95.0 cm³/mol. The maximum absolute atomic E-state index is 5.49. The lowest BCUT2D eigenvalue weighted by atomic mass is 9.88. The maximum Gasteiger partial charge on any atom is 0.0350 e. The Hall–Kier alpha value is -2.96. The lowest BCUT2D eigenvalue weighted by Gasteiger charge is -2.16. The number of hydrogen-bond acceptors (Lipinski definition) is 0. The minimum absolute atomic E-state index is 0.755. The van der Waals surface area contributed by atoms with Crippen LogP contribution < -0.4 is 0 Å². The molecule has 0 saturated carbocycles. The zero-order valence-corrected chi connectivity index (χ0v) is 12.6. The average molecular weight is 280 g/mol. The van der Waals surface area contributed by atoms with Gasteiger partial charge in [-0.2, -0.15) is 0 Å². The molecule has 0 saturated heterocycles. The highest BCUT2D eigenvalue weighted by Crippen LogP contribution is 2.34. The maximum atomic E-state index is 5.49. The van der Waals surface area contributed by atoms with E-state index in [4.69, 9.17) is 6.42 Å². The van der Waals surface area contributed by atoms with Crippen molar-refractivity contribution >= 4 is 16.3 Å². The Labute approximate surface area is 131 Å². The summed E-state index contributed by atoms with van der Waals surface area (Å²) >= 11 is 0. The lowest BCUT2D eigenvalue weighted by molar-refractivity contribution is 1.31. The largest absolute Gasteiger partial charge is 0.115 e. The van der Waals surface area contributed by atoms with E-state index in [0.29, 0.717) is 0 Å². The van der Waals surface area contributed by atoms with Crippen LogP contribution in [0.15, 0.2) is 71.8 Å². The van der Waals surface area contributed by atoms with Crippen molar-refractivity contribution in [3.05, 3.63) is 77.4 Å². The van der Waals surface area contributed by atoms with Crippen molar-refractivity contribution in [2.45, 2.75) is 13.3 Å². The molecule has 0 spiro atoms. The van der Waals surface area contributed by atoms with Crippen molar-refractivity contribution in [2.24, 2.45) is 0 Å². The third-order valence-electron chi connectivity index (χ3n) is 3.82. The van der Waals surface area contributed by atoms with Crippen LogP contribution in [0.25, 0.3) is 16.3 Å². The Balaban J connectivity index is 2.32. The van der Waals surface area contributed by atoms with E-state index < -0.39 is 0 Å². The SMILES string of the molecule is C#C/C=C(C)\C(=C1\C=CC#CC1)c1cccc2ccccc12. The second-order valence-electron chi connectivity index (χ2n) is 5.25. The number of terminal acetylenes is 1. The normalized spacial score (nSPS) is 15.9. The van der Waals surface area contributed by atoms with Crippen LogP contribution in [0.3, 0.4) is 0 Å². The van der Waals surface area contributed by atoms with Gasteiger partial charge < -0.3 is 0 Å². The van der Waals surface area contributed by atoms with Gasteiger partial charge in [0.25, 0.3) is 0 Å². The first-order valence-electron chi connectivity index (χ1n) is 7.31. The van der Waals surface area contributed by atoms with E-state index in [-0.39, 0.29) is 0 Å².